The summed E-state index contributed by atoms with van der Waals surface area (Å²) < 4.78 is 0. The minimum Gasteiger partial charge on any atom is -0.391 e. The van der Waals surface area contributed by atoms with E-state index in [0.717, 1.165) is 0 Å². The Kier molecular flexibility index (Phi) is 4.46. The molecule has 5 nitrogen and oxygen atoms in total. The van der Waals surface area contributed by atoms with E-state index in [0.29, 0.717) is 0 Å². The van der Waals surface area contributed by atoms with Crippen LogP contribution in [0.2, 0.25) is 0 Å². The van der Waals surface area contributed by atoms with Gasteiger partial charge in [0, 0.05) is 6.42 Å². The van der Waals surface area contributed by atoms with Crippen molar-refractivity contribution in [3.63, 3.8) is 0 Å². The van der Waals surface area contributed by atoms with Gasteiger partial charge >= 0.3 is 0 Å². The van der Waals surface area contributed by atoms with Gasteiger partial charge in [0.25, 0.3) is 0 Å². The molecule has 2 unspecified atom stereocenters. The van der Waals surface area contributed by atoms with Crippen molar-refractivity contribution >= 4 is 11.8 Å². The molecule has 0 bridgehead atoms. The van der Waals surface area contributed by atoms with E-state index in [-0.39, 0.29) is 6.42 Å². The van der Waals surface area contributed by atoms with E-state index in [2.05, 4.69) is 0 Å². The van der Waals surface area contributed by atoms with E-state index in [1.54, 1.807) is 6.92 Å². The molecule has 0 heterocycles. The van der Waals surface area contributed by atoms with Crippen LogP contribution in [-0.2, 0) is 9.59 Å². The minimum absolute atomic E-state index is 0.221. The summed E-state index contributed by atoms with van der Waals surface area (Å²) in [6, 6.07) is -1.04. The lowest BCUT2D eigenvalue weighted by Gasteiger charge is -2.12. The van der Waals surface area contributed by atoms with Crippen molar-refractivity contribution in [3.05, 3.63) is 0 Å². The number of aliphatic hydroxyl groups excluding tert-OH is 1. The maximum Gasteiger partial charge on any atom is 0.246 e. The van der Waals surface area contributed by atoms with Gasteiger partial charge in [0.05, 0.1) is 6.10 Å². The molecule has 0 rings (SSSR count). The first-order valence-electron chi connectivity index (χ1n) is 3.76. The third-order valence-electron chi connectivity index (χ3n) is 1.41. The van der Waals surface area contributed by atoms with Gasteiger partial charge in [-0.25, -0.2) is 0 Å². The van der Waals surface area contributed by atoms with Gasteiger partial charge in [0.15, 0.2) is 0 Å². The van der Waals surface area contributed by atoms with Crippen molar-refractivity contribution in [2.75, 3.05) is 0 Å². The molecule has 5 heteroatoms. The Hall–Kier alpha value is -0.940. The summed E-state index contributed by atoms with van der Waals surface area (Å²) in [7, 11) is 0. The molecule has 0 aromatic carbocycles. The van der Waals surface area contributed by atoms with Crippen molar-refractivity contribution in [3.8, 4) is 0 Å². The molecule has 4 N–H and O–H groups in total. The van der Waals surface area contributed by atoms with Crippen molar-refractivity contribution in [1.29, 1.82) is 0 Å². The summed E-state index contributed by atoms with van der Waals surface area (Å²) in [5.41, 5.74) is 5.25. The smallest absolute Gasteiger partial charge is 0.246 e. The number of aliphatic hydroxyl groups is 1. The molecule has 0 aliphatic carbocycles. The SMILES string of the molecule is CCC(=O)NC(=O)C(N)C(C)O. The van der Waals surface area contributed by atoms with Crippen molar-refractivity contribution < 1.29 is 14.7 Å². The standard InChI is InChI=1S/C7H14N2O3/c1-3-5(11)9-7(12)6(8)4(2)10/h4,6,10H,3,8H2,1-2H3,(H,9,11,12). The molecular formula is C7H14N2O3. The molecule has 0 radical (unpaired) electrons. The Morgan fingerprint density at radius 1 is 1.58 bits per heavy atom. The van der Waals surface area contributed by atoms with E-state index < -0.39 is 24.0 Å². The van der Waals surface area contributed by atoms with E-state index in [4.69, 9.17) is 10.8 Å². The van der Waals surface area contributed by atoms with Crippen molar-refractivity contribution in [1.82, 2.24) is 5.32 Å². The lowest BCUT2D eigenvalue weighted by molar-refractivity contribution is -0.132. The number of imide groups is 1. The van der Waals surface area contributed by atoms with Gasteiger partial charge < -0.3 is 10.8 Å². The first-order valence-corrected chi connectivity index (χ1v) is 3.76. The summed E-state index contributed by atoms with van der Waals surface area (Å²) in [4.78, 5) is 21.6. The molecule has 0 aliphatic rings. The predicted molar refractivity (Wildman–Crippen MR) is 43.1 cm³/mol. The van der Waals surface area contributed by atoms with Crippen LogP contribution in [0.5, 0.6) is 0 Å². The zero-order valence-electron chi connectivity index (χ0n) is 7.20. The van der Waals surface area contributed by atoms with Gasteiger partial charge in [-0.2, -0.15) is 0 Å². The number of carbonyl (C=O) groups excluding carboxylic acids is 2. The molecule has 12 heavy (non-hydrogen) atoms. The normalized spacial score (nSPS) is 15.0. The second-order valence-electron chi connectivity index (χ2n) is 2.53. The maximum atomic E-state index is 10.9. The second-order valence-corrected chi connectivity index (χ2v) is 2.53. The van der Waals surface area contributed by atoms with E-state index in [1.807, 2.05) is 5.32 Å². The summed E-state index contributed by atoms with van der Waals surface area (Å²) in [5.74, 6) is -1.03. The van der Waals surface area contributed by atoms with Gasteiger partial charge in [-0.05, 0) is 6.92 Å². The van der Waals surface area contributed by atoms with Crippen LogP contribution in [0.4, 0.5) is 0 Å². The number of nitrogens with one attached hydrogen (secondary N) is 1. The molecule has 0 aliphatic heterocycles. The number of hydrogen-bond acceptors (Lipinski definition) is 4. The average molecular weight is 174 g/mol. The Balaban J connectivity index is 3.96. The predicted octanol–water partition coefficient (Wildman–Crippen LogP) is -1.25. The average Bonchev–Trinajstić information content (AvgIpc) is 2.02. The highest BCUT2D eigenvalue weighted by molar-refractivity contribution is 5.97. The highest BCUT2D eigenvalue weighted by atomic mass is 16.3. The number of amides is 2. The largest absolute Gasteiger partial charge is 0.391 e. The van der Waals surface area contributed by atoms with Gasteiger partial charge in [0.1, 0.15) is 6.04 Å². The number of carbonyl (C=O) groups is 2. The number of nitrogens with two attached hydrogens (primary N) is 1. The van der Waals surface area contributed by atoms with Gasteiger partial charge in [-0.3, -0.25) is 14.9 Å². The molecule has 0 aromatic rings. The third-order valence-corrected chi connectivity index (χ3v) is 1.41. The fourth-order valence-electron chi connectivity index (χ4n) is 0.528. The van der Waals surface area contributed by atoms with Gasteiger partial charge in [-0.1, -0.05) is 6.92 Å². The zero-order valence-corrected chi connectivity index (χ0v) is 7.20. The monoisotopic (exact) mass is 174 g/mol. The lowest BCUT2D eigenvalue weighted by Crippen LogP contribution is -2.48. The molecule has 70 valence electrons. The highest BCUT2D eigenvalue weighted by Gasteiger charge is 2.19. The molecule has 0 spiro atoms. The quantitative estimate of drug-likeness (QED) is 0.498. The second kappa shape index (κ2) is 4.84. The molecular weight excluding hydrogens is 160 g/mol. The van der Waals surface area contributed by atoms with Gasteiger partial charge in [-0.15, -0.1) is 0 Å². The Labute approximate surface area is 70.9 Å². The van der Waals surface area contributed by atoms with Crippen molar-refractivity contribution in [2.45, 2.75) is 32.4 Å². The molecule has 0 saturated heterocycles. The molecule has 2 amide bonds. The maximum absolute atomic E-state index is 10.9. The first kappa shape index (κ1) is 11.1. The highest BCUT2D eigenvalue weighted by Crippen LogP contribution is 1.88. The number of hydrogen-bond donors (Lipinski definition) is 3. The summed E-state index contributed by atoms with van der Waals surface area (Å²) >= 11 is 0. The van der Waals surface area contributed by atoms with Crippen LogP contribution in [0.15, 0.2) is 0 Å². The fraction of sp³-hybridized carbons (Fsp3) is 0.714. The van der Waals surface area contributed by atoms with Crippen molar-refractivity contribution in [2.24, 2.45) is 5.73 Å². The van der Waals surface area contributed by atoms with Crippen LogP contribution in [0.25, 0.3) is 0 Å². The summed E-state index contributed by atoms with van der Waals surface area (Å²) in [6.07, 6.45) is -0.729. The molecule has 0 saturated carbocycles. The topological polar surface area (TPSA) is 92.4 Å². The van der Waals surface area contributed by atoms with E-state index in [9.17, 15) is 9.59 Å². The van der Waals surface area contributed by atoms with E-state index in [1.165, 1.54) is 6.92 Å². The first-order chi connectivity index (χ1) is 5.49. The van der Waals surface area contributed by atoms with Crippen LogP contribution < -0.4 is 11.1 Å². The third kappa shape index (κ3) is 3.45. The van der Waals surface area contributed by atoms with Crippen LogP contribution in [0.1, 0.15) is 20.3 Å². The van der Waals surface area contributed by atoms with Crippen LogP contribution in [-0.4, -0.2) is 29.1 Å². The molecule has 0 fully saturated rings. The lowest BCUT2D eigenvalue weighted by atomic mass is 10.2. The summed E-state index contributed by atoms with van der Waals surface area (Å²) in [6.45, 7) is 3.01. The van der Waals surface area contributed by atoms with Crippen LogP contribution in [0.3, 0.4) is 0 Å². The fourth-order valence-corrected chi connectivity index (χ4v) is 0.528. The van der Waals surface area contributed by atoms with Crippen LogP contribution >= 0.6 is 0 Å². The summed E-state index contributed by atoms with van der Waals surface area (Å²) in [5, 5.41) is 10.9. The van der Waals surface area contributed by atoms with Crippen LogP contribution in [0, 0.1) is 0 Å². The minimum atomic E-state index is -1.04. The Bertz CT molecular complexity index is 179. The Morgan fingerprint density at radius 2 is 2.08 bits per heavy atom. The number of rotatable bonds is 3. The molecule has 0 aromatic heterocycles. The van der Waals surface area contributed by atoms with E-state index >= 15 is 0 Å². The Morgan fingerprint density at radius 3 is 2.42 bits per heavy atom. The van der Waals surface area contributed by atoms with Gasteiger partial charge in [0.2, 0.25) is 11.8 Å². The molecule has 2 atom stereocenters. The zero-order chi connectivity index (χ0) is 9.72.